The van der Waals surface area contributed by atoms with Gasteiger partial charge in [0.2, 0.25) is 0 Å². The highest BCUT2D eigenvalue weighted by atomic mass is 15.1. The zero-order chi connectivity index (χ0) is 39.0. The maximum absolute atomic E-state index is 2.46. The van der Waals surface area contributed by atoms with Gasteiger partial charge in [0.05, 0.1) is 22.4 Å². The number of rotatable bonds is 6. The van der Waals surface area contributed by atoms with Gasteiger partial charge in [-0.1, -0.05) is 166 Å². The molecule has 1 aromatic heterocycles. The molecule has 10 aromatic carbocycles. The number of fused-ring (bicyclic) bond motifs is 3. The molecule has 0 saturated heterocycles. The van der Waals surface area contributed by atoms with Gasteiger partial charge in [0.1, 0.15) is 0 Å². The first-order chi connectivity index (χ1) is 28.4. The average Bonchev–Trinajstić information content (AvgIpc) is 3.60. The lowest BCUT2D eigenvalue weighted by Crippen LogP contribution is -2.13. The Labute approximate surface area is 339 Å². The molecule has 276 valence electrons. The van der Waals surface area contributed by atoms with Gasteiger partial charge < -0.3 is 9.47 Å². The molecule has 0 radical (unpaired) electrons. The summed E-state index contributed by atoms with van der Waals surface area (Å²) in [4.78, 5) is 2.46. The number of para-hydroxylation sites is 2. The molecule has 0 aliphatic rings. The largest absolute Gasteiger partial charge is 0.310 e. The summed E-state index contributed by atoms with van der Waals surface area (Å²) in [6.07, 6.45) is 0. The molecule has 58 heavy (non-hydrogen) atoms. The van der Waals surface area contributed by atoms with Gasteiger partial charge in [-0.15, -0.1) is 0 Å². The fourth-order valence-corrected chi connectivity index (χ4v) is 9.21. The van der Waals surface area contributed by atoms with Crippen LogP contribution in [0.15, 0.2) is 200 Å². The lowest BCUT2D eigenvalue weighted by atomic mass is 9.87. The zero-order valence-corrected chi connectivity index (χ0v) is 32.9. The predicted molar refractivity (Wildman–Crippen MR) is 249 cm³/mol. The molecular formula is C56H42N2. The summed E-state index contributed by atoms with van der Waals surface area (Å²) in [7, 11) is 0. The van der Waals surface area contributed by atoms with Crippen LogP contribution >= 0.6 is 0 Å². The summed E-state index contributed by atoms with van der Waals surface area (Å²) in [5.41, 5.74) is 13.2. The molecule has 1 heterocycles. The van der Waals surface area contributed by atoms with Crippen molar-refractivity contribution in [3.8, 4) is 27.9 Å². The third-order valence-corrected chi connectivity index (χ3v) is 12.1. The van der Waals surface area contributed by atoms with Crippen LogP contribution in [0.25, 0.3) is 82.1 Å². The molecular weight excluding hydrogens is 701 g/mol. The molecule has 0 bridgehead atoms. The first-order valence-electron chi connectivity index (χ1n) is 20.3. The number of anilines is 3. The van der Waals surface area contributed by atoms with Gasteiger partial charge in [0.25, 0.3) is 0 Å². The van der Waals surface area contributed by atoms with Crippen LogP contribution in [0.4, 0.5) is 17.1 Å². The van der Waals surface area contributed by atoms with Gasteiger partial charge >= 0.3 is 0 Å². The lowest BCUT2D eigenvalue weighted by Gasteiger charge is -2.29. The highest BCUT2D eigenvalue weighted by Gasteiger charge is 2.22. The topological polar surface area (TPSA) is 8.17 Å². The molecule has 0 aliphatic heterocycles. The van der Waals surface area contributed by atoms with E-state index in [1.807, 2.05) is 0 Å². The van der Waals surface area contributed by atoms with Crippen LogP contribution in [0.5, 0.6) is 0 Å². The van der Waals surface area contributed by atoms with Crippen molar-refractivity contribution >= 4 is 71.2 Å². The Hall–Kier alpha value is -7.16. The predicted octanol–water partition coefficient (Wildman–Crippen LogP) is 15.8. The fourth-order valence-electron chi connectivity index (χ4n) is 9.21. The van der Waals surface area contributed by atoms with Crippen LogP contribution in [0.3, 0.4) is 0 Å². The second kappa shape index (κ2) is 13.2. The van der Waals surface area contributed by atoms with Crippen LogP contribution in [0.2, 0.25) is 0 Å². The van der Waals surface area contributed by atoms with Gasteiger partial charge in [-0.05, 0) is 109 Å². The zero-order valence-electron chi connectivity index (χ0n) is 32.9. The minimum absolute atomic E-state index is 0.0497. The minimum atomic E-state index is 0.0497. The Morgan fingerprint density at radius 3 is 1.60 bits per heavy atom. The Kier molecular flexibility index (Phi) is 7.78. The standard InChI is InChI=1S/C56H42N2/c1-56(2,3)43-27-29-44(30-28-43)57(45-18-12-17-42(36-45)41-16-11-15-40(35-41)37-13-5-4-6-14-37)52-33-25-38-24-32-49-53(34-26-39-23-31-48(52)54(38)55(39)49)58-50-21-9-7-19-46(50)47-20-8-10-22-51(47)58/h4-36H,1-3H3. The van der Waals surface area contributed by atoms with Crippen LogP contribution in [0.1, 0.15) is 26.3 Å². The molecule has 0 aliphatic carbocycles. The van der Waals surface area contributed by atoms with E-state index in [0.717, 1.165) is 17.1 Å². The van der Waals surface area contributed by atoms with E-state index in [9.17, 15) is 0 Å². The third kappa shape index (κ3) is 5.48. The fraction of sp³-hybridized carbons (Fsp3) is 0.0714. The van der Waals surface area contributed by atoms with E-state index in [1.54, 1.807) is 0 Å². The van der Waals surface area contributed by atoms with Crippen molar-refractivity contribution in [1.29, 1.82) is 0 Å². The number of hydrogen-bond acceptors (Lipinski definition) is 1. The van der Waals surface area contributed by atoms with E-state index in [2.05, 4.69) is 230 Å². The van der Waals surface area contributed by atoms with E-state index in [-0.39, 0.29) is 5.41 Å². The Balaban J connectivity index is 1.13. The van der Waals surface area contributed by atoms with E-state index >= 15 is 0 Å². The molecule has 0 atom stereocenters. The summed E-state index contributed by atoms with van der Waals surface area (Å²) in [6, 6.07) is 73.9. The SMILES string of the molecule is CC(C)(C)c1ccc(N(c2cccc(-c3cccc(-c4ccccc4)c3)c2)c2ccc3ccc4c(-n5c6ccccc6c6ccccc65)ccc5ccc2c3c54)cc1. The van der Waals surface area contributed by atoms with Crippen LogP contribution < -0.4 is 4.90 Å². The van der Waals surface area contributed by atoms with Crippen molar-refractivity contribution in [2.75, 3.05) is 4.90 Å². The number of benzene rings is 10. The monoisotopic (exact) mass is 742 g/mol. The normalized spacial score (nSPS) is 12.1. The first kappa shape index (κ1) is 34.1. The Morgan fingerprint density at radius 2 is 0.914 bits per heavy atom. The number of hydrogen-bond donors (Lipinski definition) is 0. The summed E-state index contributed by atoms with van der Waals surface area (Å²) in [5.74, 6) is 0. The minimum Gasteiger partial charge on any atom is -0.310 e. The van der Waals surface area contributed by atoms with Gasteiger partial charge in [-0.3, -0.25) is 0 Å². The highest BCUT2D eigenvalue weighted by molar-refractivity contribution is 6.27. The van der Waals surface area contributed by atoms with Crippen molar-refractivity contribution < 1.29 is 0 Å². The molecule has 0 N–H and O–H groups in total. The molecule has 0 amide bonds. The molecule has 11 rings (SSSR count). The van der Waals surface area contributed by atoms with E-state index in [1.165, 1.54) is 87.6 Å². The van der Waals surface area contributed by atoms with E-state index in [4.69, 9.17) is 0 Å². The van der Waals surface area contributed by atoms with E-state index < -0.39 is 0 Å². The van der Waals surface area contributed by atoms with Gasteiger partial charge in [-0.25, -0.2) is 0 Å². The maximum atomic E-state index is 2.46. The Bertz CT molecular complexity index is 3260. The van der Waals surface area contributed by atoms with Crippen molar-refractivity contribution in [2.45, 2.75) is 26.2 Å². The summed E-state index contributed by atoms with van der Waals surface area (Å²) < 4.78 is 2.46. The first-order valence-corrected chi connectivity index (χ1v) is 20.3. The van der Waals surface area contributed by atoms with Gasteiger partial charge in [0.15, 0.2) is 0 Å². The smallest absolute Gasteiger partial charge is 0.0541 e. The van der Waals surface area contributed by atoms with Crippen molar-refractivity contribution in [1.82, 2.24) is 4.57 Å². The van der Waals surface area contributed by atoms with Crippen molar-refractivity contribution in [2.24, 2.45) is 0 Å². The summed E-state index contributed by atoms with van der Waals surface area (Å²) in [5, 5.41) is 10.1. The highest BCUT2D eigenvalue weighted by Crippen LogP contribution is 2.46. The number of nitrogens with zero attached hydrogens (tertiary/aromatic N) is 2. The van der Waals surface area contributed by atoms with Gasteiger partial charge in [0, 0.05) is 32.9 Å². The van der Waals surface area contributed by atoms with Gasteiger partial charge in [-0.2, -0.15) is 0 Å². The van der Waals surface area contributed by atoms with Crippen LogP contribution in [-0.4, -0.2) is 4.57 Å². The molecule has 11 aromatic rings. The second-order valence-corrected chi connectivity index (χ2v) is 16.6. The summed E-state index contributed by atoms with van der Waals surface area (Å²) >= 11 is 0. The van der Waals surface area contributed by atoms with Crippen molar-refractivity contribution in [3.05, 3.63) is 206 Å². The van der Waals surface area contributed by atoms with E-state index in [0.29, 0.717) is 0 Å². The Morgan fingerprint density at radius 1 is 0.379 bits per heavy atom. The molecule has 2 nitrogen and oxygen atoms in total. The average molecular weight is 743 g/mol. The molecule has 0 fully saturated rings. The second-order valence-electron chi connectivity index (χ2n) is 16.6. The number of aromatic nitrogens is 1. The molecule has 2 heteroatoms. The maximum Gasteiger partial charge on any atom is 0.0541 e. The summed E-state index contributed by atoms with van der Waals surface area (Å²) in [6.45, 7) is 6.84. The van der Waals surface area contributed by atoms with Crippen LogP contribution in [-0.2, 0) is 5.41 Å². The van der Waals surface area contributed by atoms with Crippen molar-refractivity contribution in [3.63, 3.8) is 0 Å². The molecule has 0 spiro atoms. The lowest BCUT2D eigenvalue weighted by molar-refractivity contribution is 0.590. The van der Waals surface area contributed by atoms with Crippen LogP contribution in [0, 0.1) is 0 Å². The molecule has 0 saturated carbocycles. The molecule has 0 unspecified atom stereocenters. The quantitative estimate of drug-likeness (QED) is 0.154. The third-order valence-electron chi connectivity index (χ3n) is 12.1.